The zero-order valence-corrected chi connectivity index (χ0v) is 15.0. The van der Waals surface area contributed by atoms with Crippen molar-refractivity contribution in [2.45, 2.75) is 25.8 Å². The maximum atomic E-state index is 12.8. The second-order valence-electron chi connectivity index (χ2n) is 6.78. The number of carbonyl (C=O) groups excluding carboxylic acids is 1. The third-order valence-electron chi connectivity index (χ3n) is 4.89. The maximum Gasteiger partial charge on any atom is 0.326 e. The van der Waals surface area contributed by atoms with Gasteiger partial charge in [-0.3, -0.25) is 4.79 Å². The van der Waals surface area contributed by atoms with E-state index in [4.69, 9.17) is 0 Å². The fourth-order valence-electron chi connectivity index (χ4n) is 3.28. The molecule has 2 unspecified atom stereocenters. The first-order valence-corrected chi connectivity index (χ1v) is 8.76. The van der Waals surface area contributed by atoms with Crippen LogP contribution in [0.3, 0.4) is 0 Å². The Morgan fingerprint density at radius 1 is 1.19 bits per heavy atom. The number of anilines is 2. The number of hydrogen-bond donors (Lipinski definition) is 1. The van der Waals surface area contributed by atoms with E-state index in [0.29, 0.717) is 24.4 Å². The van der Waals surface area contributed by atoms with E-state index in [0.717, 1.165) is 17.9 Å². The van der Waals surface area contributed by atoms with E-state index in [1.54, 1.807) is 12.1 Å². The van der Waals surface area contributed by atoms with Crippen LogP contribution in [-0.2, 0) is 4.79 Å². The van der Waals surface area contributed by atoms with Gasteiger partial charge in [0, 0.05) is 25.5 Å². The number of rotatable bonds is 4. The molecule has 1 N–H and O–H groups in total. The van der Waals surface area contributed by atoms with Crippen molar-refractivity contribution >= 4 is 23.4 Å². The van der Waals surface area contributed by atoms with Crippen LogP contribution in [0.2, 0.25) is 0 Å². The number of carboxylic acids is 1. The molecule has 136 valence electrons. The Morgan fingerprint density at radius 2 is 1.92 bits per heavy atom. The van der Waals surface area contributed by atoms with Crippen LogP contribution >= 0.6 is 0 Å². The van der Waals surface area contributed by atoms with Gasteiger partial charge in [0.1, 0.15) is 11.9 Å². The Bertz CT molecular complexity index is 777. The van der Waals surface area contributed by atoms with E-state index in [2.05, 4.69) is 4.98 Å². The summed E-state index contributed by atoms with van der Waals surface area (Å²) in [5.74, 6) is -0.195. The number of benzene rings is 1. The second kappa shape index (κ2) is 7.56. The molecule has 1 aliphatic heterocycles. The molecule has 2 atom stereocenters. The average Bonchev–Trinajstić information content (AvgIpc) is 2.67. The third-order valence-corrected chi connectivity index (χ3v) is 4.89. The van der Waals surface area contributed by atoms with Crippen molar-refractivity contribution in [2.75, 3.05) is 18.5 Å². The SMILES string of the molecule is CC1CCN(C(=O)c2ccc(N(C)c3ccccc3)nc2)C(C(=O)O)C1. The highest BCUT2D eigenvalue weighted by Gasteiger charge is 2.35. The summed E-state index contributed by atoms with van der Waals surface area (Å²) in [6.07, 6.45) is 2.83. The summed E-state index contributed by atoms with van der Waals surface area (Å²) in [6.45, 7) is 2.48. The first-order valence-electron chi connectivity index (χ1n) is 8.76. The zero-order chi connectivity index (χ0) is 18.7. The minimum absolute atomic E-state index is 0.272. The van der Waals surface area contributed by atoms with Gasteiger partial charge in [-0.2, -0.15) is 0 Å². The lowest BCUT2D eigenvalue weighted by Crippen LogP contribution is -2.49. The highest BCUT2D eigenvalue weighted by Crippen LogP contribution is 2.25. The largest absolute Gasteiger partial charge is 0.480 e. The van der Waals surface area contributed by atoms with Gasteiger partial charge >= 0.3 is 5.97 Å². The quantitative estimate of drug-likeness (QED) is 0.914. The molecule has 6 heteroatoms. The van der Waals surface area contributed by atoms with Crippen molar-refractivity contribution in [3.05, 3.63) is 54.2 Å². The smallest absolute Gasteiger partial charge is 0.326 e. The molecule has 0 saturated carbocycles. The highest BCUT2D eigenvalue weighted by atomic mass is 16.4. The molecule has 0 aliphatic carbocycles. The van der Waals surface area contributed by atoms with Gasteiger partial charge in [-0.25, -0.2) is 9.78 Å². The summed E-state index contributed by atoms with van der Waals surface area (Å²) < 4.78 is 0. The number of likely N-dealkylation sites (tertiary alicyclic amines) is 1. The van der Waals surface area contributed by atoms with E-state index >= 15 is 0 Å². The lowest BCUT2D eigenvalue weighted by Gasteiger charge is -2.36. The van der Waals surface area contributed by atoms with E-state index < -0.39 is 12.0 Å². The number of pyridine rings is 1. The van der Waals surface area contributed by atoms with Crippen molar-refractivity contribution in [1.82, 2.24) is 9.88 Å². The van der Waals surface area contributed by atoms with Crippen LogP contribution in [0.15, 0.2) is 48.7 Å². The number of amides is 1. The molecular formula is C20H23N3O3. The first kappa shape index (κ1) is 17.9. The normalized spacial score (nSPS) is 19.8. The van der Waals surface area contributed by atoms with Crippen LogP contribution in [-0.4, -0.2) is 46.5 Å². The van der Waals surface area contributed by atoms with Crippen molar-refractivity contribution < 1.29 is 14.7 Å². The molecule has 0 bridgehead atoms. The maximum absolute atomic E-state index is 12.8. The summed E-state index contributed by atoms with van der Waals surface area (Å²) in [6, 6.07) is 12.5. The van der Waals surface area contributed by atoms with Crippen LogP contribution in [0.5, 0.6) is 0 Å². The summed E-state index contributed by atoms with van der Waals surface area (Å²) in [5, 5.41) is 9.45. The summed E-state index contributed by atoms with van der Waals surface area (Å²) in [5.41, 5.74) is 1.41. The summed E-state index contributed by atoms with van der Waals surface area (Å²) >= 11 is 0. The number of carbonyl (C=O) groups is 2. The summed E-state index contributed by atoms with van der Waals surface area (Å²) in [4.78, 5) is 32.1. The van der Waals surface area contributed by atoms with Crippen molar-refractivity contribution in [1.29, 1.82) is 0 Å². The Hall–Kier alpha value is -2.89. The van der Waals surface area contributed by atoms with Crippen molar-refractivity contribution in [3.8, 4) is 0 Å². The van der Waals surface area contributed by atoms with Gasteiger partial charge in [0.2, 0.25) is 0 Å². The van der Waals surface area contributed by atoms with E-state index in [1.165, 1.54) is 11.1 Å². The monoisotopic (exact) mass is 353 g/mol. The van der Waals surface area contributed by atoms with Crippen LogP contribution in [0.25, 0.3) is 0 Å². The molecule has 3 rings (SSSR count). The number of piperidine rings is 1. The number of para-hydroxylation sites is 1. The van der Waals surface area contributed by atoms with E-state index in [1.807, 2.05) is 49.2 Å². The van der Waals surface area contributed by atoms with Crippen LogP contribution < -0.4 is 4.90 Å². The molecule has 1 aromatic heterocycles. The molecule has 6 nitrogen and oxygen atoms in total. The number of nitrogens with zero attached hydrogens (tertiary/aromatic N) is 3. The molecule has 26 heavy (non-hydrogen) atoms. The average molecular weight is 353 g/mol. The van der Waals surface area contributed by atoms with Gasteiger partial charge in [0.15, 0.2) is 0 Å². The number of aliphatic carboxylic acids is 1. The number of hydrogen-bond acceptors (Lipinski definition) is 4. The van der Waals surface area contributed by atoms with E-state index in [9.17, 15) is 14.7 Å². The molecule has 0 radical (unpaired) electrons. The third kappa shape index (κ3) is 3.69. The Labute approximate surface area is 153 Å². The van der Waals surface area contributed by atoms with Gasteiger partial charge in [-0.15, -0.1) is 0 Å². The van der Waals surface area contributed by atoms with Crippen LogP contribution in [0.4, 0.5) is 11.5 Å². The number of carboxylic acid groups (broad SMARTS) is 1. The van der Waals surface area contributed by atoms with Crippen molar-refractivity contribution in [3.63, 3.8) is 0 Å². The van der Waals surface area contributed by atoms with E-state index in [-0.39, 0.29) is 5.91 Å². The summed E-state index contributed by atoms with van der Waals surface area (Å²) in [7, 11) is 1.91. The second-order valence-corrected chi connectivity index (χ2v) is 6.78. The minimum Gasteiger partial charge on any atom is -0.480 e. The molecule has 1 aromatic carbocycles. The topological polar surface area (TPSA) is 73.7 Å². The molecule has 0 spiro atoms. The molecule has 1 amide bonds. The Balaban J connectivity index is 1.77. The van der Waals surface area contributed by atoms with Crippen LogP contribution in [0.1, 0.15) is 30.1 Å². The van der Waals surface area contributed by atoms with Gasteiger partial charge in [-0.1, -0.05) is 25.1 Å². The first-order chi connectivity index (χ1) is 12.5. The lowest BCUT2D eigenvalue weighted by molar-refractivity contribution is -0.144. The molecule has 1 fully saturated rings. The fraction of sp³-hybridized carbons (Fsp3) is 0.350. The minimum atomic E-state index is -0.946. The van der Waals surface area contributed by atoms with Gasteiger partial charge in [-0.05, 0) is 43.0 Å². The zero-order valence-electron chi connectivity index (χ0n) is 15.0. The predicted molar refractivity (Wildman–Crippen MR) is 99.6 cm³/mol. The highest BCUT2D eigenvalue weighted by molar-refractivity contribution is 5.96. The molecule has 2 heterocycles. The predicted octanol–water partition coefficient (Wildman–Crippen LogP) is 3.17. The van der Waals surface area contributed by atoms with Gasteiger partial charge in [0.05, 0.1) is 5.56 Å². The van der Waals surface area contributed by atoms with Crippen LogP contribution in [0, 0.1) is 5.92 Å². The van der Waals surface area contributed by atoms with Crippen molar-refractivity contribution in [2.24, 2.45) is 5.92 Å². The Kier molecular flexibility index (Phi) is 5.21. The standard InChI is InChI=1S/C20H23N3O3/c1-14-10-11-23(17(12-14)20(25)26)19(24)15-8-9-18(21-13-15)22(2)16-6-4-3-5-7-16/h3-9,13-14,17H,10-12H2,1-2H3,(H,25,26). The molecule has 2 aromatic rings. The molecule has 1 saturated heterocycles. The molecule has 1 aliphatic rings. The number of aromatic nitrogens is 1. The molecular weight excluding hydrogens is 330 g/mol. The van der Waals surface area contributed by atoms with Gasteiger partial charge in [0.25, 0.3) is 5.91 Å². The fourth-order valence-corrected chi connectivity index (χ4v) is 3.28. The Morgan fingerprint density at radius 3 is 2.54 bits per heavy atom. The lowest BCUT2D eigenvalue weighted by atomic mass is 9.92. The van der Waals surface area contributed by atoms with Gasteiger partial charge < -0.3 is 14.9 Å².